The molecule has 1 aliphatic heterocycles. The van der Waals surface area contributed by atoms with Gasteiger partial charge in [-0.05, 0) is 60.5 Å². The molecule has 1 fully saturated rings. The number of carbonyl (C=O) groups excluding carboxylic acids is 2. The summed E-state index contributed by atoms with van der Waals surface area (Å²) in [5.41, 5.74) is 3.83. The number of anilines is 2. The Kier molecular flexibility index (Phi) is 8.95. The quantitative estimate of drug-likeness (QED) is 0.453. The average molecular weight is 507 g/mol. The van der Waals surface area contributed by atoms with Gasteiger partial charge in [-0.15, -0.1) is 0 Å². The number of hydrogen-bond acceptors (Lipinski definition) is 4. The summed E-state index contributed by atoms with van der Waals surface area (Å²) in [6.45, 7) is 6.73. The first-order valence-corrected chi connectivity index (χ1v) is 12.4. The van der Waals surface area contributed by atoms with Crippen molar-refractivity contribution in [1.82, 2.24) is 10.2 Å². The molecule has 7 nitrogen and oxygen atoms in total. The molecule has 188 valence electrons. The third kappa shape index (κ3) is 7.07. The van der Waals surface area contributed by atoms with Gasteiger partial charge in [-0.25, -0.2) is 4.79 Å². The second kappa shape index (κ2) is 12.5. The van der Waals surface area contributed by atoms with Gasteiger partial charge in [0.15, 0.2) is 0 Å². The predicted molar refractivity (Wildman–Crippen MR) is 144 cm³/mol. The maximum absolute atomic E-state index is 13.3. The molecular weight excluding hydrogens is 476 g/mol. The van der Waals surface area contributed by atoms with E-state index < -0.39 is 0 Å². The Labute approximate surface area is 217 Å². The molecule has 2 N–H and O–H groups in total. The minimum atomic E-state index is -0.222. The molecule has 3 aromatic rings. The van der Waals surface area contributed by atoms with Crippen LogP contribution in [0.5, 0.6) is 0 Å². The summed E-state index contributed by atoms with van der Waals surface area (Å²) >= 11 is 5.93. The normalized spacial score (nSPS) is 13.7. The summed E-state index contributed by atoms with van der Waals surface area (Å²) in [5, 5.41) is 6.53. The van der Waals surface area contributed by atoms with Crippen molar-refractivity contribution in [2.24, 2.45) is 0 Å². The van der Waals surface area contributed by atoms with Gasteiger partial charge in [0.2, 0.25) is 0 Å². The van der Waals surface area contributed by atoms with E-state index in [0.29, 0.717) is 42.6 Å². The molecule has 1 saturated heterocycles. The summed E-state index contributed by atoms with van der Waals surface area (Å²) in [4.78, 5) is 30.2. The predicted octanol–water partition coefficient (Wildman–Crippen LogP) is 4.95. The van der Waals surface area contributed by atoms with E-state index in [2.05, 4.69) is 15.5 Å². The summed E-state index contributed by atoms with van der Waals surface area (Å²) in [5.74, 6) is -0.222. The molecule has 3 amide bonds. The lowest BCUT2D eigenvalue weighted by molar-refractivity contribution is 0.0393. The Morgan fingerprint density at radius 2 is 1.72 bits per heavy atom. The lowest BCUT2D eigenvalue weighted by atomic mass is 10.1. The van der Waals surface area contributed by atoms with Crippen LogP contribution in [0.4, 0.5) is 16.2 Å². The van der Waals surface area contributed by atoms with Crippen LogP contribution in [0.2, 0.25) is 5.02 Å². The number of halogens is 1. The van der Waals surface area contributed by atoms with E-state index in [4.69, 9.17) is 16.3 Å². The van der Waals surface area contributed by atoms with Gasteiger partial charge in [-0.3, -0.25) is 14.6 Å². The summed E-state index contributed by atoms with van der Waals surface area (Å²) in [6.07, 6.45) is 0. The number of amides is 3. The van der Waals surface area contributed by atoms with Gasteiger partial charge in [0.1, 0.15) is 0 Å². The third-order valence-electron chi connectivity index (χ3n) is 6.13. The molecule has 0 spiro atoms. The molecule has 4 rings (SSSR count). The smallest absolute Gasteiger partial charge is 0.322 e. The topological polar surface area (TPSA) is 73.9 Å². The van der Waals surface area contributed by atoms with Gasteiger partial charge in [-0.1, -0.05) is 41.9 Å². The Morgan fingerprint density at radius 1 is 1.00 bits per heavy atom. The second-order valence-corrected chi connectivity index (χ2v) is 9.15. The van der Waals surface area contributed by atoms with E-state index in [9.17, 15) is 9.59 Å². The van der Waals surface area contributed by atoms with Gasteiger partial charge in [0.05, 0.1) is 13.2 Å². The number of hydrogen-bond donors (Lipinski definition) is 2. The van der Waals surface area contributed by atoms with Gasteiger partial charge < -0.3 is 15.4 Å². The zero-order valence-corrected chi connectivity index (χ0v) is 21.1. The highest BCUT2D eigenvalue weighted by atomic mass is 35.5. The molecule has 3 aromatic carbocycles. The lowest BCUT2D eigenvalue weighted by Gasteiger charge is -2.31. The van der Waals surface area contributed by atoms with Crippen LogP contribution >= 0.6 is 11.6 Å². The summed E-state index contributed by atoms with van der Waals surface area (Å²) in [6, 6.07) is 22.0. The first kappa shape index (κ1) is 25.7. The number of benzene rings is 3. The van der Waals surface area contributed by atoms with E-state index in [1.165, 1.54) is 0 Å². The lowest BCUT2D eigenvalue weighted by Crippen LogP contribution is -2.46. The van der Waals surface area contributed by atoms with E-state index in [0.717, 1.165) is 36.4 Å². The molecule has 0 aliphatic carbocycles. The summed E-state index contributed by atoms with van der Waals surface area (Å²) in [7, 11) is 0. The number of urea groups is 1. The van der Waals surface area contributed by atoms with Crippen LogP contribution in [-0.4, -0.2) is 56.2 Å². The van der Waals surface area contributed by atoms with Crippen LogP contribution in [0.3, 0.4) is 0 Å². The highest BCUT2D eigenvalue weighted by Gasteiger charge is 2.21. The van der Waals surface area contributed by atoms with Crippen LogP contribution in [0.25, 0.3) is 0 Å². The van der Waals surface area contributed by atoms with Crippen LogP contribution in [0, 0.1) is 6.92 Å². The van der Waals surface area contributed by atoms with Crippen LogP contribution in [-0.2, 0) is 11.3 Å². The number of nitrogens with one attached hydrogen (secondary N) is 2. The standard InChI is InChI=1S/C28H31ClN4O3/c1-21-19-23(27(34)31-25-10-8-24(29)9-11-25)7-12-26(21)33(14-13-32-15-17-36-18-16-32)28(35)30-20-22-5-3-2-4-6-22/h2-12,19H,13-18,20H2,1H3,(H,30,35)(H,31,34). The number of aryl methyl sites for hydroxylation is 1. The number of morpholine rings is 1. The Balaban J connectivity index is 1.49. The Bertz CT molecular complexity index is 1170. The minimum Gasteiger partial charge on any atom is -0.379 e. The van der Waals surface area contributed by atoms with Crippen LogP contribution in [0.1, 0.15) is 21.5 Å². The monoisotopic (exact) mass is 506 g/mol. The maximum Gasteiger partial charge on any atom is 0.322 e. The molecule has 8 heteroatoms. The van der Waals surface area contributed by atoms with Gasteiger partial charge >= 0.3 is 6.03 Å². The van der Waals surface area contributed by atoms with E-state index in [1.807, 2.05) is 49.4 Å². The zero-order chi connectivity index (χ0) is 25.3. The van der Waals surface area contributed by atoms with Gasteiger partial charge in [0.25, 0.3) is 5.91 Å². The van der Waals surface area contributed by atoms with Crippen molar-refractivity contribution in [1.29, 1.82) is 0 Å². The van der Waals surface area contributed by atoms with E-state index >= 15 is 0 Å². The first-order valence-electron chi connectivity index (χ1n) is 12.1. The molecule has 0 aromatic heterocycles. The highest BCUT2D eigenvalue weighted by molar-refractivity contribution is 6.30. The fourth-order valence-corrected chi connectivity index (χ4v) is 4.23. The SMILES string of the molecule is Cc1cc(C(=O)Nc2ccc(Cl)cc2)ccc1N(CCN1CCOCC1)C(=O)NCc1ccccc1. The van der Waals surface area contributed by atoms with Crippen molar-refractivity contribution in [3.63, 3.8) is 0 Å². The number of nitrogens with zero attached hydrogens (tertiary/aromatic N) is 2. The van der Waals surface area contributed by atoms with Crippen LogP contribution in [0.15, 0.2) is 72.8 Å². The van der Waals surface area contributed by atoms with E-state index in [1.54, 1.807) is 35.2 Å². The fourth-order valence-electron chi connectivity index (χ4n) is 4.10. The molecule has 1 aliphatic rings. The largest absolute Gasteiger partial charge is 0.379 e. The molecule has 36 heavy (non-hydrogen) atoms. The molecule has 0 unspecified atom stereocenters. The first-order chi connectivity index (χ1) is 17.5. The second-order valence-electron chi connectivity index (χ2n) is 8.71. The number of rotatable bonds is 8. The van der Waals surface area contributed by atoms with Crippen molar-refractivity contribution in [3.05, 3.63) is 94.5 Å². The molecule has 0 radical (unpaired) electrons. The zero-order valence-electron chi connectivity index (χ0n) is 20.4. The van der Waals surface area contributed by atoms with Crippen molar-refractivity contribution >= 4 is 34.9 Å². The van der Waals surface area contributed by atoms with Crippen molar-refractivity contribution < 1.29 is 14.3 Å². The number of ether oxygens (including phenoxy) is 1. The fraction of sp³-hybridized carbons (Fsp3) is 0.286. The highest BCUT2D eigenvalue weighted by Crippen LogP contribution is 2.23. The van der Waals surface area contributed by atoms with Crippen molar-refractivity contribution in [3.8, 4) is 0 Å². The van der Waals surface area contributed by atoms with Crippen molar-refractivity contribution in [2.45, 2.75) is 13.5 Å². The maximum atomic E-state index is 13.3. The molecule has 1 heterocycles. The van der Waals surface area contributed by atoms with Gasteiger partial charge in [-0.2, -0.15) is 0 Å². The molecular formula is C28H31ClN4O3. The molecule has 0 saturated carbocycles. The number of carbonyl (C=O) groups is 2. The van der Waals surface area contributed by atoms with Crippen LogP contribution < -0.4 is 15.5 Å². The third-order valence-corrected chi connectivity index (χ3v) is 6.38. The van der Waals surface area contributed by atoms with E-state index in [-0.39, 0.29) is 11.9 Å². The molecule has 0 atom stereocenters. The van der Waals surface area contributed by atoms with Gasteiger partial charge in [0, 0.05) is 54.7 Å². The average Bonchev–Trinajstić information content (AvgIpc) is 2.90. The summed E-state index contributed by atoms with van der Waals surface area (Å²) < 4.78 is 5.45. The molecule has 0 bridgehead atoms. The Hall–Kier alpha value is -3.39. The van der Waals surface area contributed by atoms with Crippen molar-refractivity contribution in [2.75, 3.05) is 49.6 Å². The minimum absolute atomic E-state index is 0.173. The Morgan fingerprint density at radius 3 is 2.42 bits per heavy atom.